The largest absolute Gasteiger partial charge is 0.300 e. The standard InChI is InChI=1S/C32H23N/c33-32(23-13-5-2-6-14-23)30-20-25-16-8-7-15-24(25)19-29(30)31-27-18-10-9-17-26(27)21-28(31)22-11-3-1-4-12-22/h1-21,31,33H. The van der Waals surface area contributed by atoms with Crippen LogP contribution >= 0.6 is 0 Å². The van der Waals surface area contributed by atoms with Crippen molar-refractivity contribution in [3.05, 3.63) is 155 Å². The molecule has 1 aliphatic rings. The average Bonchev–Trinajstić information content (AvgIpc) is 3.28. The van der Waals surface area contributed by atoms with Gasteiger partial charge in [0.25, 0.3) is 0 Å². The molecule has 1 heteroatoms. The maximum Gasteiger partial charge on any atom is 0.0687 e. The summed E-state index contributed by atoms with van der Waals surface area (Å²) in [6, 6.07) is 42.3. The summed E-state index contributed by atoms with van der Waals surface area (Å²) in [5.41, 5.74) is 8.74. The van der Waals surface area contributed by atoms with E-state index in [2.05, 4.69) is 97.1 Å². The molecule has 6 rings (SSSR count). The lowest BCUT2D eigenvalue weighted by atomic mass is 9.80. The topological polar surface area (TPSA) is 23.9 Å². The van der Waals surface area contributed by atoms with E-state index < -0.39 is 0 Å². The smallest absolute Gasteiger partial charge is 0.0687 e. The number of hydrogen-bond acceptors (Lipinski definition) is 1. The molecule has 156 valence electrons. The zero-order valence-corrected chi connectivity index (χ0v) is 18.2. The SMILES string of the molecule is N=C(c1ccccc1)c1cc2ccccc2cc1C1C(c2ccccc2)=Cc2ccccc21. The molecule has 1 unspecified atom stereocenters. The zero-order chi connectivity index (χ0) is 22.2. The van der Waals surface area contributed by atoms with Crippen LogP contribution in [0.15, 0.2) is 121 Å². The first kappa shape index (κ1) is 19.5. The number of fused-ring (bicyclic) bond motifs is 2. The van der Waals surface area contributed by atoms with Crippen LogP contribution in [0.2, 0.25) is 0 Å². The molecule has 0 amide bonds. The van der Waals surface area contributed by atoms with Gasteiger partial charge in [0, 0.05) is 17.0 Å². The molecule has 0 aromatic heterocycles. The van der Waals surface area contributed by atoms with Gasteiger partial charge in [0.2, 0.25) is 0 Å². The molecule has 5 aromatic carbocycles. The van der Waals surface area contributed by atoms with Gasteiger partial charge in [-0.3, -0.25) is 5.41 Å². The molecule has 1 N–H and O–H groups in total. The molecule has 33 heavy (non-hydrogen) atoms. The lowest BCUT2D eigenvalue weighted by molar-refractivity contribution is 1.06. The first-order chi connectivity index (χ1) is 16.3. The van der Waals surface area contributed by atoms with Crippen molar-refractivity contribution in [1.29, 1.82) is 5.41 Å². The summed E-state index contributed by atoms with van der Waals surface area (Å²) in [5.74, 6) is 0.0762. The van der Waals surface area contributed by atoms with Gasteiger partial charge >= 0.3 is 0 Å². The summed E-state index contributed by atoms with van der Waals surface area (Å²) in [6.45, 7) is 0. The Balaban J connectivity index is 1.62. The van der Waals surface area contributed by atoms with Crippen LogP contribution in [0.5, 0.6) is 0 Å². The highest BCUT2D eigenvalue weighted by Crippen LogP contribution is 2.47. The maximum absolute atomic E-state index is 9.19. The molecule has 0 fully saturated rings. The first-order valence-corrected chi connectivity index (χ1v) is 11.3. The quantitative estimate of drug-likeness (QED) is 0.285. The molecule has 0 aliphatic heterocycles. The fourth-order valence-corrected chi connectivity index (χ4v) is 5.01. The van der Waals surface area contributed by atoms with Gasteiger partial charge in [-0.05, 0) is 56.8 Å². The van der Waals surface area contributed by atoms with Crippen LogP contribution in [0.4, 0.5) is 0 Å². The summed E-state index contributed by atoms with van der Waals surface area (Å²) >= 11 is 0. The predicted molar refractivity (Wildman–Crippen MR) is 139 cm³/mol. The second-order valence-corrected chi connectivity index (χ2v) is 8.56. The second kappa shape index (κ2) is 8.03. The van der Waals surface area contributed by atoms with Gasteiger partial charge in [-0.1, -0.05) is 109 Å². The third-order valence-electron chi connectivity index (χ3n) is 6.60. The Morgan fingerprint density at radius 3 is 1.94 bits per heavy atom. The van der Waals surface area contributed by atoms with Crippen molar-refractivity contribution in [2.24, 2.45) is 0 Å². The number of nitrogens with one attached hydrogen (secondary N) is 1. The maximum atomic E-state index is 9.19. The monoisotopic (exact) mass is 421 g/mol. The average molecular weight is 422 g/mol. The molecule has 0 saturated heterocycles. The van der Waals surface area contributed by atoms with Crippen molar-refractivity contribution in [2.45, 2.75) is 5.92 Å². The van der Waals surface area contributed by atoms with Gasteiger partial charge in [0.15, 0.2) is 0 Å². The highest BCUT2D eigenvalue weighted by molar-refractivity contribution is 6.14. The van der Waals surface area contributed by atoms with Crippen molar-refractivity contribution in [2.75, 3.05) is 0 Å². The zero-order valence-electron chi connectivity index (χ0n) is 18.2. The molecule has 0 radical (unpaired) electrons. The van der Waals surface area contributed by atoms with Crippen LogP contribution in [-0.2, 0) is 0 Å². The number of allylic oxidation sites excluding steroid dienone is 1. The van der Waals surface area contributed by atoms with Crippen molar-refractivity contribution in [3.63, 3.8) is 0 Å². The lowest BCUT2D eigenvalue weighted by Gasteiger charge is -2.23. The second-order valence-electron chi connectivity index (χ2n) is 8.56. The van der Waals surface area contributed by atoms with E-state index in [1.54, 1.807) is 0 Å². The van der Waals surface area contributed by atoms with Crippen LogP contribution in [-0.4, -0.2) is 5.71 Å². The minimum absolute atomic E-state index is 0.0762. The third-order valence-corrected chi connectivity index (χ3v) is 6.60. The van der Waals surface area contributed by atoms with Gasteiger partial charge in [-0.2, -0.15) is 0 Å². The van der Waals surface area contributed by atoms with Gasteiger partial charge in [0.1, 0.15) is 0 Å². The van der Waals surface area contributed by atoms with E-state index in [-0.39, 0.29) is 5.92 Å². The normalized spacial score (nSPS) is 14.7. The molecule has 0 heterocycles. The summed E-state index contributed by atoms with van der Waals surface area (Å²) in [6.07, 6.45) is 2.32. The molecule has 0 saturated carbocycles. The Morgan fingerprint density at radius 1 is 0.576 bits per heavy atom. The third kappa shape index (κ3) is 3.39. The van der Waals surface area contributed by atoms with Crippen molar-refractivity contribution >= 4 is 28.1 Å². The molecular formula is C32H23N. The molecule has 0 spiro atoms. The van der Waals surface area contributed by atoms with E-state index in [9.17, 15) is 5.41 Å². The van der Waals surface area contributed by atoms with Crippen LogP contribution in [0.1, 0.15) is 39.3 Å². The van der Waals surface area contributed by atoms with Gasteiger partial charge in [-0.15, -0.1) is 0 Å². The molecule has 1 atom stereocenters. The minimum Gasteiger partial charge on any atom is -0.300 e. The van der Waals surface area contributed by atoms with Crippen LogP contribution in [0.3, 0.4) is 0 Å². The molecular weight excluding hydrogens is 398 g/mol. The minimum atomic E-state index is 0.0762. The Bertz CT molecular complexity index is 1510. The lowest BCUT2D eigenvalue weighted by Crippen LogP contribution is -2.11. The fraction of sp³-hybridized carbons (Fsp3) is 0.0312. The Hall–Kier alpha value is -4.23. The van der Waals surface area contributed by atoms with E-state index in [1.807, 2.05) is 30.3 Å². The summed E-state index contributed by atoms with van der Waals surface area (Å²) in [7, 11) is 0. The predicted octanol–water partition coefficient (Wildman–Crippen LogP) is 7.94. The van der Waals surface area contributed by atoms with Crippen LogP contribution in [0, 0.1) is 5.41 Å². The number of hydrogen-bond donors (Lipinski definition) is 1. The Morgan fingerprint density at radius 2 is 1.18 bits per heavy atom. The van der Waals surface area contributed by atoms with E-state index in [0.717, 1.165) is 16.5 Å². The summed E-state index contributed by atoms with van der Waals surface area (Å²) < 4.78 is 0. The number of rotatable bonds is 4. The first-order valence-electron chi connectivity index (χ1n) is 11.3. The summed E-state index contributed by atoms with van der Waals surface area (Å²) in [4.78, 5) is 0. The van der Waals surface area contributed by atoms with Crippen molar-refractivity contribution in [1.82, 2.24) is 0 Å². The van der Waals surface area contributed by atoms with E-state index >= 15 is 0 Å². The van der Waals surface area contributed by atoms with E-state index in [0.29, 0.717) is 5.71 Å². The fourth-order valence-electron chi connectivity index (χ4n) is 5.01. The Labute approximate surface area is 194 Å². The Kier molecular flexibility index (Phi) is 4.74. The van der Waals surface area contributed by atoms with Crippen molar-refractivity contribution < 1.29 is 0 Å². The van der Waals surface area contributed by atoms with Gasteiger partial charge in [-0.25, -0.2) is 0 Å². The summed E-state index contributed by atoms with van der Waals surface area (Å²) in [5, 5.41) is 11.5. The highest BCUT2D eigenvalue weighted by Gasteiger charge is 2.30. The molecule has 1 aliphatic carbocycles. The van der Waals surface area contributed by atoms with Gasteiger partial charge in [0.05, 0.1) is 5.71 Å². The van der Waals surface area contributed by atoms with Crippen LogP contribution in [0.25, 0.3) is 22.4 Å². The van der Waals surface area contributed by atoms with Gasteiger partial charge < -0.3 is 0 Å². The van der Waals surface area contributed by atoms with E-state index in [4.69, 9.17) is 0 Å². The number of benzene rings is 5. The van der Waals surface area contributed by atoms with E-state index in [1.165, 1.54) is 33.2 Å². The van der Waals surface area contributed by atoms with Crippen LogP contribution < -0.4 is 0 Å². The van der Waals surface area contributed by atoms with Crippen molar-refractivity contribution in [3.8, 4) is 0 Å². The molecule has 0 bridgehead atoms. The molecule has 5 aromatic rings. The molecule has 1 nitrogen and oxygen atoms in total. The highest BCUT2D eigenvalue weighted by atomic mass is 14.4.